The monoisotopic (exact) mass is 275 g/mol. The molecule has 3 heterocycles. The minimum absolute atomic E-state index is 0.280. The molecule has 3 aromatic heterocycles. The number of hydrogen-bond donors (Lipinski definition) is 0. The van der Waals surface area contributed by atoms with E-state index in [1.165, 1.54) is 13.4 Å². The van der Waals surface area contributed by atoms with Crippen molar-refractivity contribution in [3.63, 3.8) is 0 Å². The summed E-state index contributed by atoms with van der Waals surface area (Å²) in [5, 5.41) is 4.59. The van der Waals surface area contributed by atoms with Crippen molar-refractivity contribution in [2.45, 2.75) is 0 Å². The van der Waals surface area contributed by atoms with Crippen LogP contribution >= 0.6 is 11.6 Å². The molecule has 7 heteroatoms. The Morgan fingerprint density at radius 3 is 2.84 bits per heavy atom. The molecule has 0 saturated heterocycles. The van der Waals surface area contributed by atoms with E-state index < -0.39 is 0 Å². The van der Waals surface area contributed by atoms with Gasteiger partial charge in [-0.2, -0.15) is 5.10 Å². The fourth-order valence-corrected chi connectivity index (χ4v) is 2.03. The predicted octanol–water partition coefficient (Wildman–Crippen LogP) is 2.09. The van der Waals surface area contributed by atoms with Crippen LogP contribution in [0.2, 0.25) is 5.15 Å². The maximum absolute atomic E-state index is 6.05. The second-order valence-corrected chi connectivity index (χ2v) is 4.30. The van der Waals surface area contributed by atoms with Crippen LogP contribution in [0.3, 0.4) is 0 Å². The average molecular weight is 276 g/mol. The van der Waals surface area contributed by atoms with Gasteiger partial charge in [-0.1, -0.05) is 11.6 Å². The van der Waals surface area contributed by atoms with Crippen molar-refractivity contribution < 1.29 is 4.74 Å². The molecule has 3 rings (SSSR count). The molecule has 0 radical (unpaired) electrons. The molecule has 0 aliphatic rings. The topological polar surface area (TPSA) is 65.7 Å². The van der Waals surface area contributed by atoms with Gasteiger partial charge in [-0.15, -0.1) is 0 Å². The number of pyridine rings is 1. The van der Waals surface area contributed by atoms with Crippen molar-refractivity contribution in [3.05, 3.63) is 29.8 Å². The summed E-state index contributed by atoms with van der Waals surface area (Å²) in [6, 6.07) is 3.60. The number of halogens is 1. The van der Waals surface area contributed by atoms with Crippen molar-refractivity contribution in [3.8, 4) is 17.1 Å². The third-order valence-electron chi connectivity index (χ3n) is 2.71. The van der Waals surface area contributed by atoms with Gasteiger partial charge in [-0.05, 0) is 6.07 Å². The van der Waals surface area contributed by atoms with E-state index in [-0.39, 0.29) is 5.15 Å². The Balaban J connectivity index is 2.29. The van der Waals surface area contributed by atoms with Gasteiger partial charge < -0.3 is 4.74 Å². The third kappa shape index (κ3) is 2.00. The van der Waals surface area contributed by atoms with E-state index in [0.29, 0.717) is 22.5 Å². The number of fused-ring (bicyclic) bond motifs is 1. The lowest BCUT2D eigenvalue weighted by atomic mass is 10.2. The van der Waals surface area contributed by atoms with E-state index in [4.69, 9.17) is 16.3 Å². The van der Waals surface area contributed by atoms with Gasteiger partial charge in [0.1, 0.15) is 23.2 Å². The molecule has 0 fully saturated rings. The van der Waals surface area contributed by atoms with Gasteiger partial charge in [-0.25, -0.2) is 15.0 Å². The van der Waals surface area contributed by atoms with E-state index in [1.54, 1.807) is 10.7 Å². The highest BCUT2D eigenvalue weighted by molar-refractivity contribution is 6.31. The molecule has 96 valence electrons. The molecule has 19 heavy (non-hydrogen) atoms. The molecule has 6 nitrogen and oxygen atoms in total. The van der Waals surface area contributed by atoms with Crippen molar-refractivity contribution in [1.29, 1.82) is 0 Å². The van der Waals surface area contributed by atoms with Crippen molar-refractivity contribution in [1.82, 2.24) is 24.7 Å². The van der Waals surface area contributed by atoms with Crippen LogP contribution in [0, 0.1) is 0 Å². The van der Waals surface area contributed by atoms with Crippen LogP contribution in [0.25, 0.3) is 22.4 Å². The van der Waals surface area contributed by atoms with Gasteiger partial charge in [-0.3, -0.25) is 4.68 Å². The maximum Gasteiger partial charge on any atom is 0.171 e. The summed E-state index contributed by atoms with van der Waals surface area (Å²) in [4.78, 5) is 12.7. The molecule has 0 aromatic carbocycles. The normalized spacial score (nSPS) is 10.9. The zero-order chi connectivity index (χ0) is 13.4. The van der Waals surface area contributed by atoms with E-state index in [0.717, 1.165) is 5.69 Å². The lowest BCUT2D eigenvalue weighted by Crippen LogP contribution is -1.96. The van der Waals surface area contributed by atoms with Gasteiger partial charge in [0.15, 0.2) is 10.9 Å². The summed E-state index contributed by atoms with van der Waals surface area (Å²) in [5.74, 6) is 0.486. The largest absolute Gasteiger partial charge is 0.493 e. The van der Waals surface area contributed by atoms with Gasteiger partial charge in [0.25, 0.3) is 0 Å². The minimum Gasteiger partial charge on any atom is -0.493 e. The van der Waals surface area contributed by atoms with Crippen LogP contribution in [0.1, 0.15) is 0 Å². The highest BCUT2D eigenvalue weighted by Gasteiger charge is 2.13. The molecule has 0 saturated carbocycles. The Kier molecular flexibility index (Phi) is 2.79. The van der Waals surface area contributed by atoms with Crippen molar-refractivity contribution in [2.24, 2.45) is 7.05 Å². The molecule has 0 amide bonds. The number of aryl methyl sites for hydroxylation is 1. The summed E-state index contributed by atoms with van der Waals surface area (Å²) in [5.41, 5.74) is 2.64. The summed E-state index contributed by atoms with van der Waals surface area (Å²) >= 11 is 6.05. The van der Waals surface area contributed by atoms with E-state index in [1.807, 2.05) is 19.3 Å². The first kappa shape index (κ1) is 11.9. The number of nitrogens with zero attached hydrogens (tertiary/aromatic N) is 5. The standard InChI is InChI=1S/C12H10ClN5O/c1-18-4-3-7(17-18)10-11-8(14-6-15-10)5-9(19-2)12(13)16-11/h3-6H,1-2H3. The second kappa shape index (κ2) is 4.47. The average Bonchev–Trinajstić information content (AvgIpc) is 2.84. The number of hydrogen-bond acceptors (Lipinski definition) is 5. The molecule has 0 unspecified atom stereocenters. The fourth-order valence-electron chi connectivity index (χ4n) is 1.82. The lowest BCUT2D eigenvalue weighted by molar-refractivity contribution is 0.414. The van der Waals surface area contributed by atoms with Gasteiger partial charge in [0.2, 0.25) is 0 Å². The number of ether oxygens (including phenoxy) is 1. The predicted molar refractivity (Wildman–Crippen MR) is 71.1 cm³/mol. The van der Waals surface area contributed by atoms with Crippen LogP contribution in [0.4, 0.5) is 0 Å². The summed E-state index contributed by atoms with van der Waals surface area (Å²) in [6.07, 6.45) is 3.32. The second-order valence-electron chi connectivity index (χ2n) is 3.95. The maximum atomic E-state index is 6.05. The Hall–Kier alpha value is -2.21. The number of aromatic nitrogens is 5. The molecule has 0 spiro atoms. The molecule has 0 aliphatic heterocycles. The zero-order valence-electron chi connectivity index (χ0n) is 10.3. The first-order valence-electron chi connectivity index (χ1n) is 5.54. The summed E-state index contributed by atoms with van der Waals surface area (Å²) < 4.78 is 6.83. The third-order valence-corrected chi connectivity index (χ3v) is 2.98. The van der Waals surface area contributed by atoms with Crippen LogP contribution in [-0.2, 0) is 7.05 Å². The molecule has 0 aliphatic carbocycles. The minimum atomic E-state index is 0.280. The Morgan fingerprint density at radius 2 is 2.16 bits per heavy atom. The Bertz CT molecular complexity index is 755. The van der Waals surface area contributed by atoms with Crippen molar-refractivity contribution >= 4 is 22.6 Å². The fraction of sp³-hybridized carbons (Fsp3) is 0.167. The van der Waals surface area contributed by atoms with E-state index >= 15 is 0 Å². The Morgan fingerprint density at radius 1 is 1.32 bits per heavy atom. The Labute approximate surface area is 114 Å². The number of methoxy groups -OCH3 is 1. The highest BCUT2D eigenvalue weighted by atomic mass is 35.5. The zero-order valence-corrected chi connectivity index (χ0v) is 11.1. The highest BCUT2D eigenvalue weighted by Crippen LogP contribution is 2.29. The smallest absolute Gasteiger partial charge is 0.171 e. The SMILES string of the molecule is COc1cc2ncnc(-c3ccn(C)n3)c2nc1Cl. The van der Waals surface area contributed by atoms with E-state index in [9.17, 15) is 0 Å². The quantitative estimate of drug-likeness (QED) is 0.670. The van der Waals surface area contributed by atoms with Crippen LogP contribution in [0.5, 0.6) is 5.75 Å². The van der Waals surface area contributed by atoms with Crippen LogP contribution in [-0.4, -0.2) is 31.8 Å². The van der Waals surface area contributed by atoms with Gasteiger partial charge in [0, 0.05) is 19.3 Å². The van der Waals surface area contributed by atoms with Gasteiger partial charge >= 0.3 is 0 Å². The van der Waals surface area contributed by atoms with Crippen LogP contribution < -0.4 is 4.74 Å². The lowest BCUT2D eigenvalue weighted by Gasteiger charge is -2.06. The summed E-state index contributed by atoms with van der Waals surface area (Å²) in [7, 11) is 3.38. The molecule has 0 bridgehead atoms. The van der Waals surface area contributed by atoms with Gasteiger partial charge in [0.05, 0.1) is 12.6 Å². The molecular formula is C12H10ClN5O. The molecule has 0 atom stereocenters. The first-order valence-corrected chi connectivity index (χ1v) is 5.92. The number of rotatable bonds is 2. The molecule has 0 N–H and O–H groups in total. The first-order chi connectivity index (χ1) is 9.19. The molecular weight excluding hydrogens is 266 g/mol. The van der Waals surface area contributed by atoms with Crippen LogP contribution in [0.15, 0.2) is 24.7 Å². The van der Waals surface area contributed by atoms with Crippen molar-refractivity contribution in [2.75, 3.05) is 7.11 Å². The summed E-state index contributed by atoms with van der Waals surface area (Å²) in [6.45, 7) is 0. The van der Waals surface area contributed by atoms with E-state index in [2.05, 4.69) is 20.1 Å². The molecule has 3 aromatic rings.